The fourth-order valence-corrected chi connectivity index (χ4v) is 11.7. The molecule has 0 radical (unpaired) electrons. The van der Waals surface area contributed by atoms with Crippen LogP contribution in [0.25, 0.3) is 0 Å². The number of carbonyl (C=O) groups excluding carboxylic acids is 2. The van der Waals surface area contributed by atoms with Crippen molar-refractivity contribution in [2.75, 3.05) is 13.2 Å². The molecule has 80 heavy (non-hydrogen) atoms. The number of aliphatic hydroxyl groups is 2. The molecule has 0 rings (SSSR count). The quantitative estimate of drug-likeness (QED) is 0.0320. The van der Waals surface area contributed by atoms with Crippen LogP contribution in [-0.2, 0) is 14.3 Å². The number of rotatable bonds is 69. The minimum Gasteiger partial charge on any atom is -0.466 e. The molecule has 0 aromatic carbocycles. The van der Waals surface area contributed by atoms with E-state index >= 15 is 0 Å². The molecule has 0 aliphatic rings. The monoisotopic (exact) mass is 1130 g/mol. The Balaban J connectivity index is 3.35. The molecular weight excluding hydrogens is 983 g/mol. The van der Waals surface area contributed by atoms with Crippen LogP contribution < -0.4 is 5.32 Å². The zero-order valence-electron chi connectivity index (χ0n) is 54.3. The third-order valence-corrected chi connectivity index (χ3v) is 17.3. The molecule has 0 aliphatic carbocycles. The Morgan fingerprint density at radius 1 is 0.350 bits per heavy atom. The molecule has 0 saturated heterocycles. The van der Waals surface area contributed by atoms with Crippen LogP contribution >= 0.6 is 0 Å². The normalized spacial score (nSPS) is 12.6. The van der Waals surface area contributed by atoms with Gasteiger partial charge in [-0.05, 0) is 57.8 Å². The maximum Gasteiger partial charge on any atom is 0.305 e. The van der Waals surface area contributed by atoms with Crippen LogP contribution in [0.5, 0.6) is 0 Å². The fourth-order valence-electron chi connectivity index (χ4n) is 11.7. The van der Waals surface area contributed by atoms with E-state index in [2.05, 4.69) is 43.5 Å². The number of nitrogens with one attached hydrogen (secondary N) is 1. The van der Waals surface area contributed by atoms with Crippen LogP contribution in [-0.4, -0.2) is 47.4 Å². The van der Waals surface area contributed by atoms with Crippen molar-refractivity contribution in [3.05, 3.63) is 24.3 Å². The lowest BCUT2D eigenvalue weighted by atomic mass is 10.0. The average Bonchev–Trinajstić information content (AvgIpc) is 3.46. The van der Waals surface area contributed by atoms with Crippen molar-refractivity contribution in [2.45, 2.75) is 424 Å². The topological polar surface area (TPSA) is 95.9 Å². The molecule has 0 spiro atoms. The van der Waals surface area contributed by atoms with E-state index in [1.807, 2.05) is 0 Å². The highest BCUT2D eigenvalue weighted by molar-refractivity contribution is 5.76. The first-order valence-corrected chi connectivity index (χ1v) is 36.6. The first-order valence-electron chi connectivity index (χ1n) is 36.6. The summed E-state index contributed by atoms with van der Waals surface area (Å²) in [6, 6.07) is -0.539. The summed E-state index contributed by atoms with van der Waals surface area (Å²) in [6.07, 6.45) is 88.2. The number of ether oxygens (including phenoxy) is 1. The predicted octanol–water partition coefficient (Wildman–Crippen LogP) is 23.7. The van der Waals surface area contributed by atoms with E-state index in [1.165, 1.54) is 334 Å². The molecular formula is C74H143NO5. The number of amides is 1. The van der Waals surface area contributed by atoms with Gasteiger partial charge >= 0.3 is 5.97 Å². The van der Waals surface area contributed by atoms with Gasteiger partial charge in [0.1, 0.15) is 0 Å². The van der Waals surface area contributed by atoms with E-state index in [1.54, 1.807) is 0 Å². The van der Waals surface area contributed by atoms with E-state index in [9.17, 15) is 19.8 Å². The summed E-state index contributed by atoms with van der Waals surface area (Å²) in [5, 5.41) is 23.3. The summed E-state index contributed by atoms with van der Waals surface area (Å²) in [6.45, 7) is 4.99. The summed E-state index contributed by atoms with van der Waals surface area (Å²) < 4.78 is 5.50. The molecule has 6 heteroatoms. The predicted molar refractivity (Wildman–Crippen MR) is 352 cm³/mol. The van der Waals surface area contributed by atoms with Crippen molar-refractivity contribution < 1.29 is 24.5 Å². The smallest absolute Gasteiger partial charge is 0.305 e. The van der Waals surface area contributed by atoms with E-state index in [-0.39, 0.29) is 18.5 Å². The van der Waals surface area contributed by atoms with Gasteiger partial charge in [-0.1, -0.05) is 366 Å². The zero-order chi connectivity index (χ0) is 57.8. The van der Waals surface area contributed by atoms with Crippen molar-refractivity contribution in [2.24, 2.45) is 0 Å². The number of esters is 1. The van der Waals surface area contributed by atoms with Crippen LogP contribution in [0.15, 0.2) is 24.3 Å². The zero-order valence-corrected chi connectivity index (χ0v) is 54.3. The van der Waals surface area contributed by atoms with Crippen LogP contribution in [0.2, 0.25) is 0 Å². The number of aliphatic hydroxyl groups excluding tert-OH is 2. The Labute approximate surface area is 501 Å². The lowest BCUT2D eigenvalue weighted by Crippen LogP contribution is -2.45. The van der Waals surface area contributed by atoms with Crippen molar-refractivity contribution >= 4 is 11.9 Å². The summed E-state index contributed by atoms with van der Waals surface area (Å²) in [5.41, 5.74) is 0. The van der Waals surface area contributed by atoms with Crippen LogP contribution in [0.1, 0.15) is 412 Å². The second-order valence-electron chi connectivity index (χ2n) is 25.3. The number of allylic oxidation sites excluding steroid dienone is 4. The average molecular weight is 1130 g/mol. The van der Waals surface area contributed by atoms with Crippen molar-refractivity contribution in [3.8, 4) is 0 Å². The maximum absolute atomic E-state index is 12.5. The van der Waals surface area contributed by atoms with Gasteiger partial charge in [-0.15, -0.1) is 0 Å². The second-order valence-corrected chi connectivity index (χ2v) is 25.3. The largest absolute Gasteiger partial charge is 0.466 e. The Hall–Kier alpha value is -1.66. The Morgan fingerprint density at radius 2 is 0.625 bits per heavy atom. The van der Waals surface area contributed by atoms with Crippen molar-refractivity contribution in [1.82, 2.24) is 5.32 Å². The third kappa shape index (κ3) is 65.5. The molecule has 0 fully saturated rings. The molecule has 0 aliphatic heterocycles. The Kier molecular flexibility index (Phi) is 68.4. The van der Waals surface area contributed by atoms with Gasteiger partial charge in [-0.25, -0.2) is 0 Å². The van der Waals surface area contributed by atoms with Crippen LogP contribution in [0.4, 0.5) is 0 Å². The lowest BCUT2D eigenvalue weighted by molar-refractivity contribution is -0.143. The van der Waals surface area contributed by atoms with Gasteiger partial charge < -0.3 is 20.3 Å². The number of hydrogen-bond acceptors (Lipinski definition) is 5. The molecule has 2 unspecified atom stereocenters. The SMILES string of the molecule is CCCCCCCCCCCCCCCCCC(=O)OCCCCCCCCCCCCC/C=C\C/C=C\CCCCCCCCCCCCCCCCCCCC(=O)NC(CO)C(O)CCCCCCCCCCCCCCC. The van der Waals surface area contributed by atoms with Gasteiger partial charge in [0.15, 0.2) is 0 Å². The summed E-state index contributed by atoms with van der Waals surface area (Å²) in [7, 11) is 0. The van der Waals surface area contributed by atoms with E-state index < -0.39 is 12.1 Å². The summed E-state index contributed by atoms with van der Waals surface area (Å²) in [4.78, 5) is 24.6. The molecule has 474 valence electrons. The molecule has 0 aromatic rings. The maximum atomic E-state index is 12.5. The van der Waals surface area contributed by atoms with E-state index in [0.717, 1.165) is 44.9 Å². The standard InChI is InChI=1S/C74H143NO5/c1-3-5-7-9-11-13-15-17-39-44-48-52-56-60-64-68-74(79)80-69-65-61-57-53-49-45-41-38-36-34-32-30-28-26-24-22-20-18-19-21-23-25-27-29-31-33-35-37-40-43-47-51-55-59-63-67-73(78)75-71(70-76)72(77)66-62-58-54-50-46-42-16-14-12-10-8-6-4-2/h20,22,26,28,71-72,76-77H,3-19,21,23-25,27,29-70H2,1-2H3,(H,75,78)/b22-20-,28-26-. The van der Waals surface area contributed by atoms with Crippen molar-refractivity contribution in [1.29, 1.82) is 0 Å². The van der Waals surface area contributed by atoms with Gasteiger partial charge in [0.25, 0.3) is 0 Å². The molecule has 0 saturated carbocycles. The van der Waals surface area contributed by atoms with Gasteiger partial charge in [-0.2, -0.15) is 0 Å². The van der Waals surface area contributed by atoms with Crippen LogP contribution in [0, 0.1) is 0 Å². The highest BCUT2D eigenvalue weighted by Crippen LogP contribution is 2.19. The van der Waals surface area contributed by atoms with Crippen LogP contribution in [0.3, 0.4) is 0 Å². The van der Waals surface area contributed by atoms with Gasteiger partial charge in [-0.3, -0.25) is 9.59 Å². The minimum atomic E-state index is -0.661. The van der Waals surface area contributed by atoms with Gasteiger partial charge in [0.05, 0.1) is 25.4 Å². The fraction of sp³-hybridized carbons (Fsp3) is 0.919. The molecule has 0 bridgehead atoms. The molecule has 3 N–H and O–H groups in total. The highest BCUT2D eigenvalue weighted by atomic mass is 16.5. The third-order valence-electron chi connectivity index (χ3n) is 17.3. The van der Waals surface area contributed by atoms with Gasteiger partial charge in [0.2, 0.25) is 5.91 Å². The molecule has 1 amide bonds. The molecule has 0 aromatic heterocycles. The number of carbonyl (C=O) groups is 2. The number of unbranched alkanes of at least 4 members (excludes halogenated alkanes) is 54. The summed E-state index contributed by atoms with van der Waals surface area (Å²) in [5.74, 6) is -0.0100. The molecule has 2 atom stereocenters. The number of hydrogen-bond donors (Lipinski definition) is 3. The second kappa shape index (κ2) is 69.8. The minimum absolute atomic E-state index is 0.0204. The molecule has 6 nitrogen and oxygen atoms in total. The highest BCUT2D eigenvalue weighted by Gasteiger charge is 2.20. The summed E-state index contributed by atoms with van der Waals surface area (Å²) >= 11 is 0. The lowest BCUT2D eigenvalue weighted by Gasteiger charge is -2.22. The van der Waals surface area contributed by atoms with Crippen molar-refractivity contribution in [3.63, 3.8) is 0 Å². The van der Waals surface area contributed by atoms with Gasteiger partial charge in [0, 0.05) is 12.8 Å². The van der Waals surface area contributed by atoms with E-state index in [4.69, 9.17) is 4.74 Å². The first kappa shape index (κ1) is 78.3. The molecule has 0 heterocycles. The van der Waals surface area contributed by atoms with E-state index in [0.29, 0.717) is 25.9 Å². The first-order chi connectivity index (χ1) is 39.5. The Bertz CT molecular complexity index is 1250. The Morgan fingerprint density at radius 3 is 0.950 bits per heavy atom.